The highest BCUT2D eigenvalue weighted by atomic mass is 127. The molecule has 2 unspecified atom stereocenters. The molecular formula is C20H33IN4O2S. The molecule has 2 aliphatic heterocycles. The number of hydrogen-bond acceptors (Lipinski definition) is 5. The average Bonchev–Trinajstić information content (AvgIpc) is 3.40. The van der Waals surface area contributed by atoms with Crippen LogP contribution in [0.1, 0.15) is 43.5 Å². The first kappa shape index (κ1) is 23.4. The molecule has 1 N–H and O–H groups in total. The number of nitrogens with zero attached hydrogens (tertiary/aromatic N) is 3. The van der Waals surface area contributed by atoms with E-state index in [1.54, 1.807) is 0 Å². The lowest BCUT2D eigenvalue weighted by molar-refractivity contribution is -0.149. The van der Waals surface area contributed by atoms with Crippen molar-refractivity contribution < 1.29 is 9.53 Å². The third kappa shape index (κ3) is 6.06. The van der Waals surface area contributed by atoms with Gasteiger partial charge in [-0.2, -0.15) is 0 Å². The zero-order chi connectivity index (χ0) is 19.1. The maximum Gasteiger partial charge on any atom is 0.310 e. The molecule has 8 heteroatoms. The van der Waals surface area contributed by atoms with E-state index in [-0.39, 0.29) is 35.9 Å². The van der Waals surface area contributed by atoms with Crippen molar-refractivity contribution in [1.29, 1.82) is 0 Å². The van der Waals surface area contributed by atoms with Crippen molar-refractivity contribution in [3.8, 4) is 0 Å². The van der Waals surface area contributed by atoms with Crippen molar-refractivity contribution in [2.75, 3.05) is 46.4 Å². The summed E-state index contributed by atoms with van der Waals surface area (Å²) in [5.74, 6) is 0.764. The van der Waals surface area contributed by atoms with Gasteiger partial charge < -0.3 is 15.0 Å². The first-order valence-electron chi connectivity index (χ1n) is 10.1. The SMILES string of the molecule is CCOC(=O)C1CCCN(C(=NC)NCC(c2cccs2)N2CCCC2)C1.I. The minimum absolute atomic E-state index is 0. The molecule has 0 spiro atoms. The monoisotopic (exact) mass is 520 g/mol. The van der Waals surface area contributed by atoms with Crippen molar-refractivity contribution >= 4 is 47.2 Å². The molecule has 0 aromatic carbocycles. The van der Waals surface area contributed by atoms with Crippen LogP contribution in [0.5, 0.6) is 0 Å². The van der Waals surface area contributed by atoms with Crippen molar-refractivity contribution in [2.24, 2.45) is 10.9 Å². The second-order valence-electron chi connectivity index (χ2n) is 7.24. The molecule has 6 nitrogen and oxygen atoms in total. The summed E-state index contributed by atoms with van der Waals surface area (Å²) in [5.41, 5.74) is 0. The summed E-state index contributed by atoms with van der Waals surface area (Å²) in [7, 11) is 1.83. The number of carbonyl (C=O) groups is 1. The highest BCUT2D eigenvalue weighted by Gasteiger charge is 2.29. The minimum Gasteiger partial charge on any atom is -0.466 e. The summed E-state index contributed by atoms with van der Waals surface area (Å²) in [4.78, 5) is 22.8. The van der Waals surface area contributed by atoms with E-state index in [0.717, 1.165) is 45.0 Å². The van der Waals surface area contributed by atoms with Crippen LogP contribution in [0.3, 0.4) is 0 Å². The molecule has 1 aromatic rings. The van der Waals surface area contributed by atoms with Crippen LogP contribution in [0.4, 0.5) is 0 Å². The highest BCUT2D eigenvalue weighted by molar-refractivity contribution is 14.0. The fourth-order valence-electron chi connectivity index (χ4n) is 4.09. The second kappa shape index (κ2) is 12.0. The summed E-state index contributed by atoms with van der Waals surface area (Å²) in [5, 5.41) is 5.74. The normalized spacial score (nSPS) is 21.9. The van der Waals surface area contributed by atoms with Crippen molar-refractivity contribution in [1.82, 2.24) is 15.1 Å². The largest absolute Gasteiger partial charge is 0.466 e. The number of aliphatic imine (C=N–C) groups is 1. The zero-order valence-corrected chi connectivity index (χ0v) is 20.1. The van der Waals surface area contributed by atoms with Crippen LogP contribution in [0.2, 0.25) is 0 Å². The van der Waals surface area contributed by atoms with Gasteiger partial charge in [0.15, 0.2) is 5.96 Å². The lowest BCUT2D eigenvalue weighted by atomic mass is 9.98. The standard InChI is InChI=1S/C20H32N4O2S.HI/c1-3-26-19(25)16-8-6-12-24(15-16)20(21-2)22-14-17(18-9-7-13-27-18)23-10-4-5-11-23;/h7,9,13,16-17H,3-6,8,10-12,14-15H2,1-2H3,(H,21,22);1H. The Kier molecular flexibility index (Phi) is 10.0. The van der Waals surface area contributed by atoms with E-state index in [1.165, 1.54) is 17.7 Å². The van der Waals surface area contributed by atoms with Crippen molar-refractivity contribution in [3.05, 3.63) is 22.4 Å². The Morgan fingerprint density at radius 2 is 2.14 bits per heavy atom. The van der Waals surface area contributed by atoms with Gasteiger partial charge in [-0.25, -0.2) is 0 Å². The van der Waals surface area contributed by atoms with Gasteiger partial charge in [0.2, 0.25) is 0 Å². The maximum absolute atomic E-state index is 12.1. The third-order valence-corrected chi connectivity index (χ3v) is 6.43. The summed E-state index contributed by atoms with van der Waals surface area (Å²) in [6.07, 6.45) is 4.45. The molecule has 28 heavy (non-hydrogen) atoms. The van der Waals surface area contributed by atoms with Crippen molar-refractivity contribution in [2.45, 2.75) is 38.6 Å². The predicted molar refractivity (Wildman–Crippen MR) is 126 cm³/mol. The summed E-state index contributed by atoms with van der Waals surface area (Å²) < 4.78 is 5.23. The Hall–Kier alpha value is -0.870. The number of ether oxygens (including phenoxy) is 1. The number of guanidine groups is 1. The molecule has 2 fully saturated rings. The molecule has 1 aromatic heterocycles. The molecule has 3 rings (SSSR count). The van der Waals surface area contributed by atoms with Crippen LogP contribution in [0.15, 0.2) is 22.5 Å². The van der Waals surface area contributed by atoms with Gasteiger partial charge in [-0.05, 0) is 57.1 Å². The Labute approximate surface area is 189 Å². The van der Waals surface area contributed by atoms with Crippen LogP contribution in [0.25, 0.3) is 0 Å². The Morgan fingerprint density at radius 3 is 2.79 bits per heavy atom. The molecule has 0 radical (unpaired) electrons. The smallest absolute Gasteiger partial charge is 0.310 e. The quantitative estimate of drug-likeness (QED) is 0.270. The van der Waals surface area contributed by atoms with E-state index >= 15 is 0 Å². The number of likely N-dealkylation sites (tertiary alicyclic amines) is 2. The Morgan fingerprint density at radius 1 is 1.36 bits per heavy atom. The molecular weight excluding hydrogens is 487 g/mol. The molecule has 0 bridgehead atoms. The number of halogens is 1. The highest BCUT2D eigenvalue weighted by Crippen LogP contribution is 2.28. The van der Waals surface area contributed by atoms with Gasteiger partial charge in [0.1, 0.15) is 0 Å². The number of thiophene rings is 1. The van der Waals surface area contributed by atoms with Gasteiger partial charge in [-0.3, -0.25) is 14.7 Å². The number of carbonyl (C=O) groups excluding carboxylic acids is 1. The molecule has 2 saturated heterocycles. The summed E-state index contributed by atoms with van der Waals surface area (Å²) in [6.45, 7) is 7.10. The fourth-order valence-corrected chi connectivity index (χ4v) is 4.95. The molecule has 0 saturated carbocycles. The minimum atomic E-state index is -0.0776. The number of hydrogen-bond donors (Lipinski definition) is 1. The third-order valence-electron chi connectivity index (χ3n) is 5.46. The van der Waals surface area contributed by atoms with Gasteiger partial charge in [0.05, 0.1) is 18.6 Å². The number of nitrogens with one attached hydrogen (secondary N) is 1. The summed E-state index contributed by atoms with van der Waals surface area (Å²) in [6, 6.07) is 4.75. The first-order valence-corrected chi connectivity index (χ1v) is 11.0. The second-order valence-corrected chi connectivity index (χ2v) is 8.22. The topological polar surface area (TPSA) is 57.2 Å². The van der Waals surface area contributed by atoms with Crippen LogP contribution in [-0.4, -0.2) is 68.1 Å². The maximum atomic E-state index is 12.1. The van der Waals surface area contributed by atoms with Crippen molar-refractivity contribution in [3.63, 3.8) is 0 Å². The number of rotatable bonds is 6. The van der Waals surface area contributed by atoms with E-state index in [0.29, 0.717) is 19.2 Å². The van der Waals surface area contributed by atoms with Crippen LogP contribution < -0.4 is 5.32 Å². The number of esters is 1. The van der Waals surface area contributed by atoms with Gasteiger partial charge in [-0.15, -0.1) is 35.3 Å². The predicted octanol–water partition coefficient (Wildman–Crippen LogP) is 3.35. The summed E-state index contributed by atoms with van der Waals surface area (Å²) >= 11 is 1.83. The van der Waals surface area contributed by atoms with Crippen LogP contribution in [0, 0.1) is 5.92 Å². The molecule has 2 aliphatic rings. The van der Waals surface area contributed by atoms with Crippen LogP contribution in [-0.2, 0) is 9.53 Å². The fraction of sp³-hybridized carbons (Fsp3) is 0.700. The Balaban J connectivity index is 0.00000280. The van der Waals surface area contributed by atoms with E-state index < -0.39 is 0 Å². The van der Waals surface area contributed by atoms with E-state index in [4.69, 9.17) is 4.74 Å². The van der Waals surface area contributed by atoms with Crippen LogP contribution >= 0.6 is 35.3 Å². The van der Waals surface area contributed by atoms with E-state index in [1.807, 2.05) is 25.3 Å². The molecule has 2 atom stereocenters. The van der Waals surface area contributed by atoms with E-state index in [9.17, 15) is 4.79 Å². The van der Waals surface area contributed by atoms with Gasteiger partial charge in [-0.1, -0.05) is 6.07 Å². The molecule has 0 aliphatic carbocycles. The zero-order valence-electron chi connectivity index (χ0n) is 16.9. The first-order chi connectivity index (χ1) is 13.2. The number of piperidine rings is 1. The van der Waals surface area contributed by atoms with E-state index in [2.05, 4.69) is 37.6 Å². The molecule has 3 heterocycles. The molecule has 158 valence electrons. The lowest BCUT2D eigenvalue weighted by Crippen LogP contribution is -2.49. The van der Waals surface area contributed by atoms with Gasteiger partial charge >= 0.3 is 5.97 Å². The molecule has 0 amide bonds. The van der Waals surface area contributed by atoms with Gasteiger partial charge in [0.25, 0.3) is 0 Å². The average molecular weight is 520 g/mol. The Bertz CT molecular complexity index is 620. The lowest BCUT2D eigenvalue weighted by Gasteiger charge is -2.35. The van der Waals surface area contributed by atoms with Gasteiger partial charge in [0, 0.05) is 31.6 Å².